The lowest BCUT2D eigenvalue weighted by Gasteiger charge is -2.34. The Labute approximate surface area is 176 Å². The number of carbonyl (C=O) groups excluding carboxylic acids is 2. The molecule has 12 heteroatoms. The van der Waals surface area contributed by atoms with Gasteiger partial charge in [-0.25, -0.2) is 0 Å². The van der Waals surface area contributed by atoms with Crippen LogP contribution < -0.4 is 10.6 Å². The van der Waals surface area contributed by atoms with Crippen LogP contribution in [0.2, 0.25) is 0 Å². The van der Waals surface area contributed by atoms with Crippen LogP contribution in [0.5, 0.6) is 0 Å². The molecule has 0 saturated carbocycles. The van der Waals surface area contributed by atoms with E-state index < -0.39 is 60.4 Å². The van der Waals surface area contributed by atoms with Crippen LogP contribution in [-0.4, -0.2) is 104 Å². The third-order valence-corrected chi connectivity index (χ3v) is 4.81. The highest BCUT2D eigenvalue weighted by molar-refractivity contribution is 5.87. The molecular weight excluding hydrogens is 400 g/mol. The van der Waals surface area contributed by atoms with Crippen LogP contribution in [-0.2, 0) is 9.59 Å². The molecule has 0 spiro atoms. The molecule has 8 N–H and O–H groups in total. The number of aliphatic hydroxyl groups excluding tert-OH is 6. The van der Waals surface area contributed by atoms with E-state index in [-0.39, 0.29) is 26.1 Å². The van der Waals surface area contributed by atoms with Crippen LogP contribution >= 0.6 is 0 Å². The number of carbonyl (C=O) groups is 2. The number of rotatable bonds is 14. The third-order valence-electron chi connectivity index (χ3n) is 4.81. The van der Waals surface area contributed by atoms with Crippen LogP contribution in [0.1, 0.15) is 40.5 Å². The molecule has 0 bridgehead atoms. The molecule has 0 rings (SSSR count). The van der Waals surface area contributed by atoms with Gasteiger partial charge in [0, 0.05) is 13.2 Å². The van der Waals surface area contributed by atoms with Crippen molar-refractivity contribution in [1.82, 2.24) is 10.6 Å². The SMILES string of the molecule is CC(C)(/N=N/C(C)(C)C(=O)NC(CO)(CO)CCO)C(=O)NC(CO)(CO)CCO. The molecule has 0 aromatic heterocycles. The number of hydrogen-bond acceptors (Lipinski definition) is 10. The summed E-state index contributed by atoms with van der Waals surface area (Å²) >= 11 is 0. The van der Waals surface area contributed by atoms with E-state index in [1.54, 1.807) is 0 Å². The zero-order valence-electron chi connectivity index (χ0n) is 18.1. The van der Waals surface area contributed by atoms with Gasteiger partial charge in [0.25, 0.3) is 0 Å². The van der Waals surface area contributed by atoms with Crippen LogP contribution in [0.3, 0.4) is 0 Å². The molecular formula is C18H36N4O8. The van der Waals surface area contributed by atoms with Gasteiger partial charge >= 0.3 is 0 Å². The quantitative estimate of drug-likeness (QED) is 0.136. The Morgan fingerprint density at radius 3 is 1.10 bits per heavy atom. The molecule has 0 aliphatic rings. The van der Waals surface area contributed by atoms with Gasteiger partial charge in [0.1, 0.15) is 0 Å². The van der Waals surface area contributed by atoms with Crippen LogP contribution in [0.15, 0.2) is 10.2 Å². The number of nitrogens with zero attached hydrogens (tertiary/aromatic N) is 2. The molecule has 0 aromatic rings. The fourth-order valence-corrected chi connectivity index (χ4v) is 2.26. The first-order valence-corrected chi connectivity index (χ1v) is 9.57. The zero-order valence-corrected chi connectivity index (χ0v) is 18.1. The predicted octanol–water partition coefficient (Wildman–Crippen LogP) is -2.56. The number of azo groups is 1. The van der Waals surface area contributed by atoms with Gasteiger partial charge in [-0.05, 0) is 40.5 Å². The largest absolute Gasteiger partial charge is 0.396 e. The molecule has 0 aliphatic carbocycles. The Hall–Kier alpha value is -1.70. The van der Waals surface area contributed by atoms with Gasteiger partial charge in [0.05, 0.1) is 37.5 Å². The van der Waals surface area contributed by atoms with E-state index in [9.17, 15) is 30.0 Å². The summed E-state index contributed by atoms with van der Waals surface area (Å²) in [6, 6.07) is 0. The van der Waals surface area contributed by atoms with Gasteiger partial charge in [-0.2, -0.15) is 10.2 Å². The summed E-state index contributed by atoms with van der Waals surface area (Å²) in [5.41, 5.74) is -5.84. The highest BCUT2D eigenvalue weighted by Crippen LogP contribution is 2.20. The minimum Gasteiger partial charge on any atom is -0.396 e. The smallest absolute Gasteiger partial charge is 0.249 e. The first-order chi connectivity index (χ1) is 13.8. The van der Waals surface area contributed by atoms with Gasteiger partial charge in [-0.15, -0.1) is 0 Å². The predicted molar refractivity (Wildman–Crippen MR) is 107 cm³/mol. The van der Waals surface area contributed by atoms with Crippen molar-refractivity contribution in [3.8, 4) is 0 Å². The molecule has 0 radical (unpaired) electrons. The zero-order chi connectivity index (χ0) is 23.6. The van der Waals surface area contributed by atoms with E-state index in [0.29, 0.717) is 0 Å². The molecule has 12 nitrogen and oxygen atoms in total. The lowest BCUT2D eigenvalue weighted by atomic mass is 9.94. The Balaban J connectivity index is 5.45. The molecule has 0 heterocycles. The average Bonchev–Trinajstić information content (AvgIpc) is 2.71. The van der Waals surface area contributed by atoms with Crippen molar-refractivity contribution in [3.63, 3.8) is 0 Å². The molecule has 0 saturated heterocycles. The number of nitrogens with one attached hydrogen (secondary N) is 2. The van der Waals surface area contributed by atoms with Crippen LogP contribution in [0, 0.1) is 0 Å². The summed E-state index contributed by atoms with van der Waals surface area (Å²) in [6.45, 7) is 2.48. The summed E-state index contributed by atoms with van der Waals surface area (Å²) in [6.07, 6.45) is -0.162. The van der Waals surface area contributed by atoms with Crippen molar-refractivity contribution >= 4 is 11.8 Å². The van der Waals surface area contributed by atoms with Gasteiger partial charge < -0.3 is 41.3 Å². The lowest BCUT2D eigenvalue weighted by Crippen LogP contribution is -2.59. The highest BCUT2D eigenvalue weighted by atomic mass is 16.3. The van der Waals surface area contributed by atoms with E-state index in [2.05, 4.69) is 20.9 Å². The van der Waals surface area contributed by atoms with Crippen LogP contribution in [0.4, 0.5) is 0 Å². The molecule has 0 aliphatic heterocycles. The summed E-state index contributed by atoms with van der Waals surface area (Å²) in [5.74, 6) is -1.39. The van der Waals surface area contributed by atoms with E-state index in [1.165, 1.54) is 27.7 Å². The molecule has 0 fully saturated rings. The molecule has 30 heavy (non-hydrogen) atoms. The maximum atomic E-state index is 12.6. The second-order valence-electron chi connectivity index (χ2n) is 8.37. The van der Waals surface area contributed by atoms with E-state index in [1.807, 2.05) is 0 Å². The maximum absolute atomic E-state index is 12.6. The fraction of sp³-hybridized carbons (Fsp3) is 0.889. The summed E-state index contributed by atoms with van der Waals surface area (Å²) in [7, 11) is 0. The number of amides is 2. The minimum atomic E-state index is -1.49. The Morgan fingerprint density at radius 1 is 0.633 bits per heavy atom. The highest BCUT2D eigenvalue weighted by Gasteiger charge is 2.39. The normalized spacial score (nSPS) is 13.5. The van der Waals surface area contributed by atoms with Crippen molar-refractivity contribution in [2.75, 3.05) is 39.6 Å². The summed E-state index contributed by atoms with van der Waals surface area (Å²) in [4.78, 5) is 25.2. The van der Waals surface area contributed by atoms with Gasteiger partial charge in [-0.1, -0.05) is 0 Å². The average molecular weight is 437 g/mol. The lowest BCUT2D eigenvalue weighted by molar-refractivity contribution is -0.131. The first-order valence-electron chi connectivity index (χ1n) is 9.57. The second kappa shape index (κ2) is 11.6. The van der Waals surface area contributed by atoms with Crippen molar-refractivity contribution < 1.29 is 40.2 Å². The second-order valence-corrected chi connectivity index (χ2v) is 8.37. The molecule has 0 atom stereocenters. The topological polar surface area (TPSA) is 204 Å². The maximum Gasteiger partial charge on any atom is 0.249 e. The Bertz CT molecular complexity index is 537. The minimum absolute atomic E-state index is 0.0812. The molecule has 2 amide bonds. The summed E-state index contributed by atoms with van der Waals surface area (Å²) in [5, 5.41) is 69.0. The summed E-state index contributed by atoms with van der Waals surface area (Å²) < 4.78 is 0. The van der Waals surface area contributed by atoms with Crippen molar-refractivity contribution in [2.24, 2.45) is 10.2 Å². The van der Waals surface area contributed by atoms with Crippen molar-refractivity contribution in [1.29, 1.82) is 0 Å². The van der Waals surface area contributed by atoms with Crippen molar-refractivity contribution in [2.45, 2.75) is 62.7 Å². The monoisotopic (exact) mass is 436 g/mol. The van der Waals surface area contributed by atoms with Crippen molar-refractivity contribution in [3.05, 3.63) is 0 Å². The van der Waals surface area contributed by atoms with E-state index >= 15 is 0 Å². The third kappa shape index (κ3) is 7.52. The molecule has 176 valence electrons. The Kier molecular flexibility index (Phi) is 11.0. The number of hydrogen-bond donors (Lipinski definition) is 8. The van der Waals surface area contributed by atoms with Gasteiger partial charge in [-0.3, -0.25) is 9.59 Å². The molecule has 0 aromatic carbocycles. The molecule has 0 unspecified atom stereocenters. The van der Waals surface area contributed by atoms with E-state index in [0.717, 1.165) is 0 Å². The standard InChI is InChI=1S/C18H36N4O8/c1-15(2,13(29)19-17(9-25,10-26)5-7-23)21-22-16(3,4)14(30)20-18(11-27,12-28)6-8-24/h23-28H,5-12H2,1-4H3,(H,19,29)(H,20,30)/b22-21+. The fourth-order valence-electron chi connectivity index (χ4n) is 2.26. The van der Waals surface area contributed by atoms with E-state index in [4.69, 9.17) is 10.2 Å². The Morgan fingerprint density at radius 2 is 0.900 bits per heavy atom. The van der Waals surface area contributed by atoms with Gasteiger partial charge in [0.15, 0.2) is 11.1 Å². The van der Waals surface area contributed by atoms with Crippen LogP contribution in [0.25, 0.3) is 0 Å². The van der Waals surface area contributed by atoms with Gasteiger partial charge in [0.2, 0.25) is 11.8 Å². The first kappa shape index (κ1) is 28.3. The number of aliphatic hydroxyl groups is 6.